The second kappa shape index (κ2) is 5.80. The molecule has 0 spiro atoms. The van der Waals surface area contributed by atoms with E-state index in [4.69, 9.17) is 0 Å². The highest BCUT2D eigenvalue weighted by Crippen LogP contribution is 2.42. The second-order valence-corrected chi connectivity index (χ2v) is 5.98. The Balaban J connectivity index is 1.88. The molecule has 0 aromatic heterocycles. The molecule has 0 amide bonds. The smallest absolute Gasteiger partial charge is 0.0756 e. The average molecular weight is 266 g/mol. The Labute approximate surface area is 121 Å². The number of rotatable bonds is 3. The van der Waals surface area contributed by atoms with Crippen LogP contribution in [-0.2, 0) is 6.42 Å². The van der Waals surface area contributed by atoms with E-state index in [0.29, 0.717) is 0 Å². The molecule has 1 heteroatoms. The van der Waals surface area contributed by atoms with Crippen LogP contribution in [0.3, 0.4) is 0 Å². The lowest BCUT2D eigenvalue weighted by atomic mass is 9.69. The topological polar surface area (TPSA) is 20.2 Å². The molecule has 1 aliphatic rings. The van der Waals surface area contributed by atoms with Crippen LogP contribution < -0.4 is 0 Å². The first-order valence-electron chi connectivity index (χ1n) is 7.59. The van der Waals surface area contributed by atoms with Crippen molar-refractivity contribution in [2.75, 3.05) is 0 Å². The van der Waals surface area contributed by atoms with Gasteiger partial charge in [0.15, 0.2) is 0 Å². The van der Waals surface area contributed by atoms with Crippen molar-refractivity contribution in [3.63, 3.8) is 0 Å². The van der Waals surface area contributed by atoms with Gasteiger partial charge in [0.25, 0.3) is 0 Å². The van der Waals surface area contributed by atoms with E-state index < -0.39 is 5.60 Å². The Kier molecular flexibility index (Phi) is 3.88. The zero-order valence-corrected chi connectivity index (χ0v) is 11.8. The molecule has 0 radical (unpaired) electrons. The van der Waals surface area contributed by atoms with Crippen molar-refractivity contribution in [3.8, 4) is 0 Å². The molecule has 0 bridgehead atoms. The minimum atomic E-state index is -0.596. The van der Waals surface area contributed by atoms with Gasteiger partial charge in [0, 0.05) is 12.3 Å². The molecule has 2 atom stereocenters. The molecule has 1 saturated carbocycles. The van der Waals surface area contributed by atoms with Gasteiger partial charge in [-0.2, -0.15) is 0 Å². The van der Waals surface area contributed by atoms with Crippen LogP contribution in [0.25, 0.3) is 0 Å². The molecule has 0 saturated heterocycles. The van der Waals surface area contributed by atoms with Gasteiger partial charge in [-0.3, -0.25) is 0 Å². The first-order valence-corrected chi connectivity index (χ1v) is 7.59. The number of aliphatic hydroxyl groups is 1. The zero-order valence-electron chi connectivity index (χ0n) is 11.8. The van der Waals surface area contributed by atoms with Gasteiger partial charge in [-0.15, -0.1) is 0 Å². The molecule has 2 unspecified atom stereocenters. The summed E-state index contributed by atoms with van der Waals surface area (Å²) in [6.45, 7) is 0. The summed E-state index contributed by atoms with van der Waals surface area (Å²) in [6, 6.07) is 20.9. The van der Waals surface area contributed by atoms with Gasteiger partial charge in [-0.05, 0) is 24.0 Å². The molecule has 2 aromatic rings. The third-order valence-electron chi connectivity index (χ3n) is 4.56. The van der Waals surface area contributed by atoms with Crippen molar-refractivity contribution in [1.82, 2.24) is 0 Å². The van der Waals surface area contributed by atoms with Crippen LogP contribution in [0, 0.1) is 0 Å². The maximum Gasteiger partial charge on any atom is 0.0756 e. The fraction of sp³-hybridized carbons (Fsp3) is 0.368. The second-order valence-electron chi connectivity index (χ2n) is 5.98. The minimum absolute atomic E-state index is 0.262. The molecular formula is C19H22O. The first kappa shape index (κ1) is 13.4. The summed E-state index contributed by atoms with van der Waals surface area (Å²) in [5.41, 5.74) is 1.92. The number of benzene rings is 2. The quantitative estimate of drug-likeness (QED) is 0.877. The van der Waals surface area contributed by atoms with Crippen LogP contribution in [-0.4, -0.2) is 10.7 Å². The highest BCUT2D eigenvalue weighted by atomic mass is 16.3. The van der Waals surface area contributed by atoms with Gasteiger partial charge >= 0.3 is 0 Å². The molecule has 1 N–H and O–H groups in total. The summed E-state index contributed by atoms with van der Waals surface area (Å²) < 4.78 is 0. The summed E-state index contributed by atoms with van der Waals surface area (Å²) in [6.07, 6.45) is 5.10. The summed E-state index contributed by atoms with van der Waals surface area (Å²) in [5.74, 6) is 0.262. The Morgan fingerprint density at radius 1 is 0.900 bits per heavy atom. The van der Waals surface area contributed by atoms with Crippen molar-refractivity contribution in [2.45, 2.75) is 43.6 Å². The molecule has 1 nitrogen and oxygen atoms in total. The monoisotopic (exact) mass is 266 g/mol. The molecule has 2 aromatic carbocycles. The molecule has 20 heavy (non-hydrogen) atoms. The summed E-state index contributed by atoms with van der Waals surface area (Å²) >= 11 is 0. The molecule has 3 rings (SSSR count). The van der Waals surface area contributed by atoms with Gasteiger partial charge in [-0.25, -0.2) is 0 Å². The average Bonchev–Trinajstić information content (AvgIpc) is 2.49. The van der Waals surface area contributed by atoms with E-state index in [1.165, 1.54) is 17.5 Å². The van der Waals surface area contributed by atoms with Crippen molar-refractivity contribution in [2.24, 2.45) is 0 Å². The maximum atomic E-state index is 11.2. The van der Waals surface area contributed by atoms with Crippen LogP contribution in [0.5, 0.6) is 0 Å². The Hall–Kier alpha value is -1.60. The Bertz CT molecular complexity index is 534. The predicted octanol–water partition coefficient (Wildman–Crippen LogP) is 4.32. The summed E-state index contributed by atoms with van der Waals surface area (Å²) in [5, 5.41) is 11.2. The van der Waals surface area contributed by atoms with Gasteiger partial charge in [0.2, 0.25) is 0 Å². The van der Waals surface area contributed by atoms with Crippen molar-refractivity contribution >= 4 is 0 Å². The molecule has 0 heterocycles. The van der Waals surface area contributed by atoms with E-state index in [1.54, 1.807) is 0 Å². The van der Waals surface area contributed by atoms with E-state index >= 15 is 0 Å². The molecule has 1 aliphatic carbocycles. The van der Waals surface area contributed by atoms with E-state index in [1.807, 2.05) is 12.1 Å². The van der Waals surface area contributed by atoms with E-state index in [0.717, 1.165) is 25.7 Å². The highest BCUT2D eigenvalue weighted by Gasteiger charge is 2.39. The minimum Gasteiger partial charge on any atom is -0.389 e. The summed E-state index contributed by atoms with van der Waals surface area (Å²) in [4.78, 5) is 0. The standard InChI is InChI=1S/C19H22O/c20-19(15-16-9-3-1-4-10-16)14-8-7-13-18(19)17-11-5-2-6-12-17/h1-6,9-12,18,20H,7-8,13-15H2. The normalized spacial score (nSPS) is 26.4. The first-order chi connectivity index (χ1) is 9.78. The van der Waals surface area contributed by atoms with E-state index in [2.05, 4.69) is 48.5 Å². The van der Waals surface area contributed by atoms with Gasteiger partial charge < -0.3 is 5.11 Å². The summed E-state index contributed by atoms with van der Waals surface area (Å²) in [7, 11) is 0. The van der Waals surface area contributed by atoms with Crippen molar-refractivity contribution in [3.05, 3.63) is 71.8 Å². The number of hydrogen-bond donors (Lipinski definition) is 1. The van der Waals surface area contributed by atoms with Gasteiger partial charge in [0.05, 0.1) is 5.60 Å². The van der Waals surface area contributed by atoms with Crippen molar-refractivity contribution < 1.29 is 5.11 Å². The SMILES string of the molecule is OC1(Cc2ccccc2)CCCCC1c1ccccc1. The van der Waals surface area contributed by atoms with Crippen LogP contribution in [0.2, 0.25) is 0 Å². The Morgan fingerprint density at radius 2 is 1.55 bits per heavy atom. The molecule has 104 valence electrons. The van der Waals surface area contributed by atoms with E-state index in [9.17, 15) is 5.11 Å². The van der Waals surface area contributed by atoms with Gasteiger partial charge in [-0.1, -0.05) is 73.5 Å². The van der Waals surface area contributed by atoms with Crippen LogP contribution in [0.15, 0.2) is 60.7 Å². The molecular weight excluding hydrogens is 244 g/mol. The lowest BCUT2D eigenvalue weighted by Gasteiger charge is -2.40. The van der Waals surface area contributed by atoms with Crippen LogP contribution in [0.4, 0.5) is 0 Å². The fourth-order valence-corrected chi connectivity index (χ4v) is 3.55. The third-order valence-corrected chi connectivity index (χ3v) is 4.56. The van der Waals surface area contributed by atoms with Crippen LogP contribution >= 0.6 is 0 Å². The Morgan fingerprint density at radius 3 is 2.25 bits per heavy atom. The fourth-order valence-electron chi connectivity index (χ4n) is 3.55. The molecule has 1 fully saturated rings. The lowest BCUT2D eigenvalue weighted by Crippen LogP contribution is -2.41. The maximum absolute atomic E-state index is 11.2. The lowest BCUT2D eigenvalue weighted by molar-refractivity contribution is -0.0166. The predicted molar refractivity (Wildman–Crippen MR) is 82.7 cm³/mol. The van der Waals surface area contributed by atoms with Crippen LogP contribution in [0.1, 0.15) is 42.7 Å². The highest BCUT2D eigenvalue weighted by molar-refractivity contribution is 5.26. The van der Waals surface area contributed by atoms with E-state index in [-0.39, 0.29) is 5.92 Å². The molecule has 0 aliphatic heterocycles. The number of hydrogen-bond acceptors (Lipinski definition) is 1. The zero-order chi connectivity index (χ0) is 13.8. The van der Waals surface area contributed by atoms with Gasteiger partial charge in [0.1, 0.15) is 0 Å². The third kappa shape index (κ3) is 2.78. The largest absolute Gasteiger partial charge is 0.389 e. The van der Waals surface area contributed by atoms with Crippen molar-refractivity contribution in [1.29, 1.82) is 0 Å².